The lowest BCUT2D eigenvalue weighted by atomic mass is 10.3. The molecule has 1 saturated heterocycles. The third-order valence-electron chi connectivity index (χ3n) is 2.67. The molecule has 120 valence electrons. The van der Waals surface area contributed by atoms with Crippen LogP contribution >= 0.6 is 0 Å². The largest absolute Gasteiger partial charge is 0.748 e. The highest BCUT2D eigenvalue weighted by atomic mass is 32.2. The van der Waals surface area contributed by atoms with Crippen molar-refractivity contribution in [1.29, 1.82) is 0 Å². The van der Waals surface area contributed by atoms with Gasteiger partial charge in [0.15, 0.2) is 11.5 Å². The lowest BCUT2D eigenvalue weighted by Crippen LogP contribution is -2.31. The number of carbonyl (C=O) groups excluding carboxylic acids is 1. The highest BCUT2D eigenvalue weighted by Crippen LogP contribution is 2.05. The van der Waals surface area contributed by atoms with E-state index in [2.05, 4.69) is 6.92 Å². The average molecular weight is 326 g/mol. The molecule has 0 bridgehead atoms. The molecule has 0 saturated carbocycles. The summed E-state index contributed by atoms with van der Waals surface area (Å²) in [5.74, 6) is 3.26. The number of hydrogen-bond acceptors (Lipinski definition) is 5. The van der Waals surface area contributed by atoms with Crippen LogP contribution in [-0.4, -0.2) is 55.0 Å². The highest BCUT2D eigenvalue weighted by molar-refractivity contribution is 7.97. The molecule has 0 radical (unpaired) electrons. The van der Waals surface area contributed by atoms with Gasteiger partial charge in [-0.2, -0.15) is 0 Å². The fraction of sp³-hybridized carbons (Fsp3) is 0.923. The molecule has 0 amide bonds. The number of carbonyl (C=O) groups is 1. The molecular formula is C13H26O5S2. The molecule has 1 fully saturated rings. The minimum absolute atomic E-state index is 0.219. The van der Waals surface area contributed by atoms with Crippen molar-refractivity contribution < 1.29 is 22.5 Å². The van der Waals surface area contributed by atoms with Crippen molar-refractivity contribution in [2.24, 2.45) is 0 Å². The fourth-order valence-electron chi connectivity index (χ4n) is 1.60. The normalized spacial score (nSPS) is 16.4. The quantitative estimate of drug-likeness (QED) is 0.521. The van der Waals surface area contributed by atoms with Gasteiger partial charge in [-0.3, -0.25) is 4.79 Å². The molecular weight excluding hydrogens is 300 g/mol. The molecule has 20 heavy (non-hydrogen) atoms. The molecule has 1 rings (SSSR count). The van der Waals surface area contributed by atoms with Gasteiger partial charge in [-0.15, -0.1) is 0 Å². The number of Topliss-reactive ketones (excluding diaryl/α,β-unsaturated/α-hetero) is 1. The number of rotatable bonds is 7. The molecule has 0 aromatic rings. The summed E-state index contributed by atoms with van der Waals surface area (Å²) < 4.78 is 34.7. The Hall–Kier alpha value is -0.110. The van der Waals surface area contributed by atoms with Crippen molar-refractivity contribution in [1.82, 2.24) is 0 Å². The summed E-state index contributed by atoms with van der Waals surface area (Å²) in [6.45, 7) is 5.63. The Morgan fingerprint density at radius 2 is 1.80 bits per heavy atom. The van der Waals surface area contributed by atoms with Gasteiger partial charge in [0.25, 0.3) is 0 Å². The number of ether oxygens (including phenoxy) is 1. The predicted molar refractivity (Wildman–Crippen MR) is 82.2 cm³/mol. The molecule has 0 spiro atoms. The van der Waals surface area contributed by atoms with E-state index < -0.39 is 10.1 Å². The first-order valence-corrected chi connectivity index (χ1v) is 10.4. The van der Waals surface area contributed by atoms with Gasteiger partial charge >= 0.3 is 0 Å². The topological polar surface area (TPSA) is 83.5 Å². The third-order valence-corrected chi connectivity index (χ3v) is 5.68. The Balaban J connectivity index is 0.000000396. The molecule has 7 heteroatoms. The lowest BCUT2D eigenvalue weighted by molar-refractivity contribution is -0.116. The summed E-state index contributed by atoms with van der Waals surface area (Å²) in [6.07, 6.45) is 2.99. The van der Waals surface area contributed by atoms with Gasteiger partial charge < -0.3 is 9.29 Å². The number of ketones is 1. The molecule has 0 N–H and O–H groups in total. The maximum absolute atomic E-state index is 11.3. The van der Waals surface area contributed by atoms with Crippen molar-refractivity contribution in [2.45, 2.75) is 39.5 Å². The SMILES string of the molecule is CCCC(=O)C[S+]1CCOCC1.CCCCS(=O)(=O)[O-]. The Morgan fingerprint density at radius 3 is 2.20 bits per heavy atom. The van der Waals surface area contributed by atoms with Crippen LogP contribution in [0.3, 0.4) is 0 Å². The van der Waals surface area contributed by atoms with Crippen molar-refractivity contribution in [2.75, 3.05) is 36.2 Å². The standard InChI is InChI=1S/C9H17O2S.C4H10O3S/c1-2-3-9(10)8-12-6-4-11-5-7-12;1-2-3-4-8(5,6)7/h2-8H2,1H3;2-4H2,1H3,(H,5,6,7)/q+1;/p-1. The molecule has 0 unspecified atom stereocenters. The van der Waals surface area contributed by atoms with Crippen LogP contribution in [0.4, 0.5) is 0 Å². The van der Waals surface area contributed by atoms with E-state index in [1.54, 1.807) is 0 Å². The van der Waals surface area contributed by atoms with E-state index in [1.165, 1.54) is 0 Å². The highest BCUT2D eigenvalue weighted by Gasteiger charge is 2.24. The first-order chi connectivity index (χ1) is 9.39. The van der Waals surface area contributed by atoms with Crippen LogP contribution in [0.25, 0.3) is 0 Å². The van der Waals surface area contributed by atoms with Crippen LogP contribution in [0.5, 0.6) is 0 Å². The molecule has 1 aliphatic rings. The fourth-order valence-corrected chi connectivity index (χ4v) is 4.04. The van der Waals surface area contributed by atoms with Gasteiger partial charge in [-0.25, -0.2) is 8.42 Å². The van der Waals surface area contributed by atoms with E-state index in [0.717, 1.165) is 49.7 Å². The van der Waals surface area contributed by atoms with Crippen LogP contribution in [0.2, 0.25) is 0 Å². The second-order valence-corrected chi connectivity index (χ2v) is 8.53. The molecule has 0 atom stereocenters. The van der Waals surface area contributed by atoms with E-state index in [4.69, 9.17) is 4.74 Å². The second kappa shape index (κ2) is 11.5. The van der Waals surface area contributed by atoms with Crippen molar-refractivity contribution in [3.05, 3.63) is 0 Å². The molecule has 0 aliphatic carbocycles. The van der Waals surface area contributed by atoms with Gasteiger partial charge in [0.2, 0.25) is 0 Å². The Labute approximate surface area is 125 Å². The first kappa shape index (κ1) is 19.9. The third kappa shape index (κ3) is 12.9. The minimum atomic E-state index is -3.94. The number of unbranched alkanes of at least 4 members (excludes halogenated alkanes) is 1. The van der Waals surface area contributed by atoms with E-state index >= 15 is 0 Å². The van der Waals surface area contributed by atoms with Gasteiger partial charge in [0.05, 0.1) is 23.3 Å². The minimum Gasteiger partial charge on any atom is -0.748 e. The molecule has 0 aromatic heterocycles. The second-order valence-electron chi connectivity index (χ2n) is 4.68. The monoisotopic (exact) mass is 326 g/mol. The maximum Gasteiger partial charge on any atom is 0.181 e. The Bertz CT molecular complexity index is 348. The van der Waals surface area contributed by atoms with Crippen LogP contribution in [0.15, 0.2) is 0 Å². The molecule has 0 aromatic carbocycles. The van der Waals surface area contributed by atoms with Gasteiger partial charge in [-0.05, 0) is 23.7 Å². The van der Waals surface area contributed by atoms with Crippen LogP contribution in [0.1, 0.15) is 39.5 Å². The van der Waals surface area contributed by atoms with Crippen LogP contribution < -0.4 is 0 Å². The van der Waals surface area contributed by atoms with E-state index in [0.29, 0.717) is 23.1 Å². The molecule has 5 nitrogen and oxygen atoms in total. The van der Waals surface area contributed by atoms with E-state index in [-0.39, 0.29) is 5.75 Å². The summed E-state index contributed by atoms with van der Waals surface area (Å²) in [6, 6.07) is 0. The Kier molecular flexibility index (Phi) is 11.5. The summed E-state index contributed by atoms with van der Waals surface area (Å²) in [4.78, 5) is 11.3. The Morgan fingerprint density at radius 1 is 1.20 bits per heavy atom. The summed E-state index contributed by atoms with van der Waals surface area (Å²) in [7, 11) is -3.59. The average Bonchev–Trinajstić information content (AvgIpc) is 2.38. The summed E-state index contributed by atoms with van der Waals surface area (Å²) in [5, 5.41) is 0. The maximum atomic E-state index is 11.3. The summed E-state index contributed by atoms with van der Waals surface area (Å²) in [5.41, 5.74) is 0. The lowest BCUT2D eigenvalue weighted by Gasteiger charge is -2.13. The van der Waals surface area contributed by atoms with Crippen molar-refractivity contribution in [3.8, 4) is 0 Å². The first-order valence-electron chi connectivity index (χ1n) is 7.06. The number of hydrogen-bond donors (Lipinski definition) is 0. The van der Waals surface area contributed by atoms with Crippen molar-refractivity contribution >= 4 is 26.8 Å². The van der Waals surface area contributed by atoms with Crippen LogP contribution in [0, 0.1) is 0 Å². The van der Waals surface area contributed by atoms with Gasteiger partial charge in [0, 0.05) is 12.2 Å². The van der Waals surface area contributed by atoms with Gasteiger partial charge in [-0.1, -0.05) is 20.3 Å². The predicted octanol–water partition coefficient (Wildman–Crippen LogP) is 1.34. The van der Waals surface area contributed by atoms with Crippen molar-refractivity contribution in [3.63, 3.8) is 0 Å². The van der Waals surface area contributed by atoms with Crippen LogP contribution in [-0.2, 0) is 30.5 Å². The smallest absolute Gasteiger partial charge is 0.181 e. The van der Waals surface area contributed by atoms with E-state index in [9.17, 15) is 17.8 Å². The summed E-state index contributed by atoms with van der Waals surface area (Å²) >= 11 is 0. The zero-order valence-corrected chi connectivity index (χ0v) is 14.1. The zero-order valence-electron chi connectivity index (χ0n) is 12.4. The van der Waals surface area contributed by atoms with Gasteiger partial charge in [0.1, 0.15) is 11.5 Å². The molecule has 1 aliphatic heterocycles. The molecule has 1 heterocycles. The van der Waals surface area contributed by atoms with E-state index in [1.807, 2.05) is 6.92 Å². The zero-order chi connectivity index (χ0) is 15.4.